The third-order valence-corrected chi connectivity index (χ3v) is 2.85. The summed E-state index contributed by atoms with van der Waals surface area (Å²) in [5.74, 6) is 0. The minimum atomic E-state index is 0. The molecule has 1 atom stereocenters. The fourth-order valence-corrected chi connectivity index (χ4v) is 1.45. The Kier molecular flexibility index (Phi) is 4.37. The summed E-state index contributed by atoms with van der Waals surface area (Å²) in [5, 5.41) is 3.34. The number of nitrogens with two attached hydrogens (primary N) is 1. The van der Waals surface area contributed by atoms with E-state index in [0.717, 1.165) is 13.1 Å². The van der Waals surface area contributed by atoms with E-state index in [4.69, 9.17) is 5.73 Å². The molecule has 1 aliphatic heterocycles. The minimum Gasteiger partial charge on any atom is -0.327 e. The number of piperidine rings is 1. The molecule has 0 amide bonds. The van der Waals surface area contributed by atoms with Crippen LogP contribution in [0.3, 0.4) is 0 Å². The summed E-state index contributed by atoms with van der Waals surface area (Å²) in [6.45, 7) is 6.68. The van der Waals surface area contributed by atoms with Gasteiger partial charge in [-0.15, -0.1) is 12.4 Å². The topological polar surface area (TPSA) is 38.0 Å². The lowest BCUT2D eigenvalue weighted by Gasteiger charge is -2.37. The molecule has 0 saturated carbocycles. The molecule has 3 N–H and O–H groups in total. The Bertz CT molecular complexity index is 109. The first kappa shape index (κ1) is 11.2. The van der Waals surface area contributed by atoms with Crippen LogP contribution in [0.2, 0.25) is 0 Å². The molecular formula is C8H19ClN2. The summed E-state index contributed by atoms with van der Waals surface area (Å²) >= 11 is 0. The first-order chi connectivity index (χ1) is 4.65. The monoisotopic (exact) mass is 178 g/mol. The third kappa shape index (κ3) is 2.62. The van der Waals surface area contributed by atoms with E-state index in [1.165, 1.54) is 12.8 Å². The fraction of sp³-hybridized carbons (Fsp3) is 1.00. The van der Waals surface area contributed by atoms with E-state index in [1.54, 1.807) is 0 Å². The minimum absolute atomic E-state index is 0. The molecule has 0 aromatic heterocycles. The molecular weight excluding hydrogens is 160 g/mol. The molecule has 1 rings (SSSR count). The van der Waals surface area contributed by atoms with E-state index >= 15 is 0 Å². The van der Waals surface area contributed by atoms with Crippen LogP contribution in [0.15, 0.2) is 0 Å². The second-order valence-electron chi connectivity index (χ2n) is 3.69. The Morgan fingerprint density at radius 1 is 1.36 bits per heavy atom. The quantitative estimate of drug-likeness (QED) is 0.632. The van der Waals surface area contributed by atoms with Gasteiger partial charge in [-0.2, -0.15) is 0 Å². The molecule has 1 saturated heterocycles. The van der Waals surface area contributed by atoms with Gasteiger partial charge < -0.3 is 11.1 Å². The highest BCUT2D eigenvalue weighted by molar-refractivity contribution is 5.85. The summed E-state index contributed by atoms with van der Waals surface area (Å²) in [6, 6.07) is 0.342. The molecule has 3 heteroatoms. The van der Waals surface area contributed by atoms with Crippen LogP contribution in [0.5, 0.6) is 0 Å². The van der Waals surface area contributed by atoms with Gasteiger partial charge in [0.2, 0.25) is 0 Å². The van der Waals surface area contributed by atoms with Gasteiger partial charge in [-0.05, 0) is 38.3 Å². The molecule has 1 unspecified atom stereocenters. The van der Waals surface area contributed by atoms with Crippen molar-refractivity contribution < 1.29 is 0 Å². The Morgan fingerprint density at radius 3 is 2.09 bits per heavy atom. The molecule has 0 aromatic rings. The van der Waals surface area contributed by atoms with Gasteiger partial charge in [-0.1, -0.05) is 6.92 Å². The number of rotatable bonds is 1. The van der Waals surface area contributed by atoms with Crippen molar-refractivity contribution in [3.63, 3.8) is 0 Å². The van der Waals surface area contributed by atoms with Crippen molar-refractivity contribution in [2.75, 3.05) is 13.1 Å². The molecule has 0 bridgehead atoms. The number of hydrogen-bond donors (Lipinski definition) is 2. The largest absolute Gasteiger partial charge is 0.327 e. The summed E-state index contributed by atoms with van der Waals surface area (Å²) < 4.78 is 0. The molecule has 0 radical (unpaired) electrons. The van der Waals surface area contributed by atoms with Gasteiger partial charge in [-0.3, -0.25) is 0 Å². The van der Waals surface area contributed by atoms with Crippen LogP contribution in [0.1, 0.15) is 26.7 Å². The van der Waals surface area contributed by atoms with Crippen LogP contribution < -0.4 is 11.1 Å². The Hall–Kier alpha value is 0.210. The van der Waals surface area contributed by atoms with E-state index in [-0.39, 0.29) is 12.4 Å². The average molecular weight is 179 g/mol. The molecule has 1 aliphatic rings. The maximum absolute atomic E-state index is 5.87. The number of nitrogens with one attached hydrogen (secondary N) is 1. The zero-order valence-corrected chi connectivity index (χ0v) is 8.21. The maximum atomic E-state index is 5.87. The molecule has 2 nitrogen and oxygen atoms in total. The second-order valence-corrected chi connectivity index (χ2v) is 3.69. The molecule has 1 fully saturated rings. The van der Waals surface area contributed by atoms with E-state index in [9.17, 15) is 0 Å². The lowest BCUT2D eigenvalue weighted by atomic mass is 9.76. The predicted octanol–water partition coefficient (Wildman–Crippen LogP) is 1.15. The van der Waals surface area contributed by atoms with Crippen molar-refractivity contribution in [2.24, 2.45) is 11.1 Å². The average Bonchev–Trinajstić information content (AvgIpc) is 1.89. The third-order valence-electron chi connectivity index (χ3n) is 2.85. The van der Waals surface area contributed by atoms with Crippen LogP contribution in [-0.4, -0.2) is 19.1 Å². The zero-order chi connectivity index (χ0) is 7.61. The summed E-state index contributed by atoms with van der Waals surface area (Å²) in [5.41, 5.74) is 6.27. The van der Waals surface area contributed by atoms with Crippen LogP contribution in [-0.2, 0) is 0 Å². The highest BCUT2D eigenvalue weighted by Gasteiger charge is 2.29. The van der Waals surface area contributed by atoms with Gasteiger partial charge in [-0.25, -0.2) is 0 Å². The second kappa shape index (κ2) is 4.29. The summed E-state index contributed by atoms with van der Waals surface area (Å²) in [7, 11) is 0. The fourth-order valence-electron chi connectivity index (χ4n) is 1.45. The van der Waals surface area contributed by atoms with Gasteiger partial charge in [0.15, 0.2) is 0 Å². The van der Waals surface area contributed by atoms with Crippen molar-refractivity contribution in [3.05, 3.63) is 0 Å². The Morgan fingerprint density at radius 2 is 1.82 bits per heavy atom. The molecule has 1 heterocycles. The summed E-state index contributed by atoms with van der Waals surface area (Å²) in [4.78, 5) is 0. The number of halogens is 1. The Labute approximate surface area is 75.3 Å². The molecule has 68 valence electrons. The zero-order valence-electron chi connectivity index (χ0n) is 7.39. The highest BCUT2D eigenvalue weighted by Crippen LogP contribution is 2.30. The number of hydrogen-bond acceptors (Lipinski definition) is 2. The lowest BCUT2D eigenvalue weighted by Crippen LogP contribution is -2.45. The van der Waals surface area contributed by atoms with E-state index in [1.807, 2.05) is 0 Å². The van der Waals surface area contributed by atoms with E-state index < -0.39 is 0 Å². The van der Waals surface area contributed by atoms with Crippen LogP contribution in [0.25, 0.3) is 0 Å². The highest BCUT2D eigenvalue weighted by atomic mass is 35.5. The van der Waals surface area contributed by atoms with Gasteiger partial charge in [0.25, 0.3) is 0 Å². The van der Waals surface area contributed by atoms with Crippen LogP contribution in [0, 0.1) is 5.41 Å². The smallest absolute Gasteiger partial charge is 0.00653 e. The van der Waals surface area contributed by atoms with Crippen molar-refractivity contribution in [3.8, 4) is 0 Å². The normalized spacial score (nSPS) is 25.4. The van der Waals surface area contributed by atoms with E-state index in [2.05, 4.69) is 19.2 Å². The lowest BCUT2D eigenvalue weighted by molar-refractivity contribution is 0.191. The molecule has 0 aliphatic carbocycles. The van der Waals surface area contributed by atoms with Gasteiger partial charge >= 0.3 is 0 Å². The molecule has 0 aromatic carbocycles. The van der Waals surface area contributed by atoms with Crippen molar-refractivity contribution in [1.82, 2.24) is 5.32 Å². The van der Waals surface area contributed by atoms with Gasteiger partial charge in [0.05, 0.1) is 0 Å². The van der Waals surface area contributed by atoms with Crippen LogP contribution in [0.4, 0.5) is 0 Å². The first-order valence-electron chi connectivity index (χ1n) is 4.11. The van der Waals surface area contributed by atoms with E-state index in [0.29, 0.717) is 11.5 Å². The first-order valence-corrected chi connectivity index (χ1v) is 4.11. The van der Waals surface area contributed by atoms with Crippen molar-refractivity contribution in [2.45, 2.75) is 32.7 Å². The Balaban J connectivity index is 0.000001000. The van der Waals surface area contributed by atoms with Crippen molar-refractivity contribution in [1.29, 1.82) is 0 Å². The standard InChI is InChI=1S/C8H18N2.ClH/c1-7(9)8(2)3-5-10-6-4-8;/h7,10H,3-6,9H2,1-2H3;1H. The van der Waals surface area contributed by atoms with Crippen LogP contribution >= 0.6 is 12.4 Å². The van der Waals surface area contributed by atoms with Gasteiger partial charge in [0, 0.05) is 6.04 Å². The molecule has 0 spiro atoms. The predicted molar refractivity (Wildman–Crippen MR) is 51.1 cm³/mol. The van der Waals surface area contributed by atoms with Gasteiger partial charge in [0.1, 0.15) is 0 Å². The summed E-state index contributed by atoms with van der Waals surface area (Å²) in [6.07, 6.45) is 2.45. The SMILES string of the molecule is CC(N)C1(C)CCNCC1.Cl. The van der Waals surface area contributed by atoms with Crippen molar-refractivity contribution >= 4 is 12.4 Å². The maximum Gasteiger partial charge on any atom is 0.00653 e. The molecule has 11 heavy (non-hydrogen) atoms.